The fourth-order valence-corrected chi connectivity index (χ4v) is 1.52. The number of carboxylic acid groups (broad SMARTS) is 1. The van der Waals surface area contributed by atoms with E-state index in [4.69, 9.17) is 9.84 Å². The van der Waals surface area contributed by atoms with Crippen molar-refractivity contribution in [1.29, 1.82) is 0 Å². The summed E-state index contributed by atoms with van der Waals surface area (Å²) in [5, 5.41) is 20.2. The molecule has 1 amide bonds. The van der Waals surface area contributed by atoms with Crippen molar-refractivity contribution in [2.45, 2.75) is 6.42 Å². The number of ether oxygens (including phenoxy) is 1. The lowest BCUT2D eigenvalue weighted by Gasteiger charge is -2.15. The van der Waals surface area contributed by atoms with Gasteiger partial charge >= 0.3 is 11.8 Å². The third-order valence-electron chi connectivity index (χ3n) is 2.48. The summed E-state index contributed by atoms with van der Waals surface area (Å²) in [6, 6.07) is 4.39. The molecule has 0 atom stereocenters. The molecule has 8 nitrogen and oxygen atoms in total. The Morgan fingerprint density at radius 3 is 2.63 bits per heavy atom. The molecule has 1 rings (SSSR count). The molecule has 0 aliphatic carbocycles. The van der Waals surface area contributed by atoms with Gasteiger partial charge in [-0.1, -0.05) is 6.07 Å². The van der Waals surface area contributed by atoms with Crippen molar-refractivity contribution in [3.63, 3.8) is 0 Å². The van der Waals surface area contributed by atoms with Crippen molar-refractivity contribution >= 4 is 11.8 Å². The molecular weight excluding hydrogens is 256 g/mol. The van der Waals surface area contributed by atoms with Crippen LogP contribution in [0.2, 0.25) is 0 Å². The summed E-state index contributed by atoms with van der Waals surface area (Å²) in [7, 11) is 2.59. The standard InChI is InChI=1S/C11H14N2O6/c1-18-10-7-8(3-4-9(10)13(16)17)5-6-12(19-2)11(14)15/h3-4,7H,5-6H2,1-2H3,(H,14,15). The van der Waals surface area contributed by atoms with Crippen molar-refractivity contribution in [2.75, 3.05) is 20.8 Å². The molecular formula is C11H14N2O6. The van der Waals surface area contributed by atoms with Gasteiger partial charge in [0.15, 0.2) is 5.75 Å². The number of rotatable bonds is 6. The van der Waals surface area contributed by atoms with E-state index in [0.717, 1.165) is 5.06 Å². The largest absolute Gasteiger partial charge is 0.490 e. The Labute approximate surface area is 109 Å². The average Bonchev–Trinajstić information content (AvgIpc) is 2.38. The number of carbonyl (C=O) groups is 1. The number of hydrogen-bond acceptors (Lipinski definition) is 5. The van der Waals surface area contributed by atoms with Crippen molar-refractivity contribution in [3.8, 4) is 5.75 Å². The van der Waals surface area contributed by atoms with Crippen LogP contribution in [0, 0.1) is 10.1 Å². The molecule has 0 saturated heterocycles. The van der Waals surface area contributed by atoms with Gasteiger partial charge in [-0.2, -0.15) is 5.06 Å². The molecule has 1 aromatic rings. The first-order valence-corrected chi connectivity index (χ1v) is 5.35. The normalized spacial score (nSPS) is 10.0. The highest BCUT2D eigenvalue weighted by atomic mass is 16.7. The molecule has 0 heterocycles. The van der Waals surface area contributed by atoms with Gasteiger partial charge in [0.05, 0.1) is 25.7 Å². The third kappa shape index (κ3) is 3.81. The second kappa shape index (κ2) is 6.55. The van der Waals surface area contributed by atoms with Crippen molar-refractivity contribution < 1.29 is 24.4 Å². The molecule has 19 heavy (non-hydrogen) atoms. The number of amides is 1. The van der Waals surface area contributed by atoms with E-state index in [2.05, 4.69) is 4.84 Å². The van der Waals surface area contributed by atoms with E-state index >= 15 is 0 Å². The van der Waals surface area contributed by atoms with E-state index < -0.39 is 11.0 Å². The monoisotopic (exact) mass is 270 g/mol. The summed E-state index contributed by atoms with van der Waals surface area (Å²) in [6.07, 6.45) is -0.842. The fraction of sp³-hybridized carbons (Fsp3) is 0.364. The van der Waals surface area contributed by atoms with Gasteiger partial charge in [0, 0.05) is 6.07 Å². The number of hydrogen-bond donors (Lipinski definition) is 1. The van der Waals surface area contributed by atoms with Gasteiger partial charge in [0.2, 0.25) is 0 Å². The predicted molar refractivity (Wildman–Crippen MR) is 65.1 cm³/mol. The smallest absolute Gasteiger partial charge is 0.431 e. The molecule has 0 aliphatic rings. The summed E-state index contributed by atoms with van der Waals surface area (Å²) in [4.78, 5) is 25.5. The molecule has 0 radical (unpaired) electrons. The second-order valence-corrected chi connectivity index (χ2v) is 3.58. The minimum Gasteiger partial charge on any atom is -0.490 e. The fourth-order valence-electron chi connectivity index (χ4n) is 1.52. The van der Waals surface area contributed by atoms with Crippen LogP contribution in [0.15, 0.2) is 18.2 Å². The van der Waals surface area contributed by atoms with Crippen LogP contribution in [-0.2, 0) is 11.3 Å². The molecule has 1 N–H and O–H groups in total. The maximum Gasteiger partial charge on any atom is 0.431 e. The highest BCUT2D eigenvalue weighted by Gasteiger charge is 2.16. The van der Waals surface area contributed by atoms with Crippen LogP contribution in [0.3, 0.4) is 0 Å². The molecule has 0 fully saturated rings. The second-order valence-electron chi connectivity index (χ2n) is 3.58. The van der Waals surface area contributed by atoms with Crippen LogP contribution in [0.4, 0.5) is 10.5 Å². The zero-order valence-corrected chi connectivity index (χ0v) is 10.5. The summed E-state index contributed by atoms with van der Waals surface area (Å²) < 4.78 is 4.93. The number of nitro benzene ring substituents is 1. The summed E-state index contributed by atoms with van der Waals surface area (Å²) in [5.41, 5.74) is 0.582. The van der Waals surface area contributed by atoms with E-state index in [-0.39, 0.29) is 18.0 Å². The van der Waals surface area contributed by atoms with Gasteiger partial charge in [-0.15, -0.1) is 0 Å². The van der Waals surface area contributed by atoms with E-state index in [1.807, 2.05) is 0 Å². The summed E-state index contributed by atoms with van der Waals surface area (Å²) in [5.74, 6) is 0.141. The van der Waals surface area contributed by atoms with Gasteiger partial charge in [0.1, 0.15) is 0 Å². The molecule has 1 aromatic carbocycles. The lowest BCUT2D eigenvalue weighted by Crippen LogP contribution is -2.30. The molecule has 0 unspecified atom stereocenters. The Kier molecular flexibility index (Phi) is 5.07. The lowest BCUT2D eigenvalue weighted by atomic mass is 10.1. The molecule has 0 aromatic heterocycles. The topological polar surface area (TPSA) is 102 Å². The van der Waals surface area contributed by atoms with Crippen LogP contribution >= 0.6 is 0 Å². The van der Waals surface area contributed by atoms with E-state index in [1.54, 1.807) is 6.07 Å². The number of benzene rings is 1. The third-order valence-corrected chi connectivity index (χ3v) is 2.48. The highest BCUT2D eigenvalue weighted by Crippen LogP contribution is 2.27. The van der Waals surface area contributed by atoms with E-state index in [1.165, 1.54) is 26.4 Å². The van der Waals surface area contributed by atoms with Gasteiger partial charge in [-0.3, -0.25) is 15.0 Å². The first kappa shape index (κ1) is 14.7. The Bertz CT molecular complexity index is 476. The summed E-state index contributed by atoms with van der Waals surface area (Å²) >= 11 is 0. The Morgan fingerprint density at radius 1 is 1.47 bits per heavy atom. The SMILES string of the molecule is COc1cc(CCN(OC)C(=O)O)ccc1[N+](=O)[O-]. The number of nitrogens with zero attached hydrogens (tertiary/aromatic N) is 2. The molecule has 0 bridgehead atoms. The zero-order valence-electron chi connectivity index (χ0n) is 10.5. The quantitative estimate of drug-likeness (QED) is 0.623. The van der Waals surface area contributed by atoms with Crippen LogP contribution in [0.5, 0.6) is 5.75 Å². The van der Waals surface area contributed by atoms with Crippen molar-refractivity contribution in [3.05, 3.63) is 33.9 Å². The first-order chi connectivity index (χ1) is 8.99. The summed E-state index contributed by atoms with van der Waals surface area (Å²) in [6.45, 7) is 0.118. The molecule has 0 aliphatic heterocycles. The lowest BCUT2D eigenvalue weighted by molar-refractivity contribution is -0.385. The first-order valence-electron chi connectivity index (χ1n) is 5.35. The van der Waals surface area contributed by atoms with Crippen molar-refractivity contribution in [1.82, 2.24) is 5.06 Å². The maximum absolute atomic E-state index is 10.7. The number of nitro groups is 1. The van der Waals surface area contributed by atoms with Gasteiger partial charge in [-0.05, 0) is 18.1 Å². The van der Waals surface area contributed by atoms with E-state index in [0.29, 0.717) is 12.0 Å². The maximum atomic E-state index is 10.7. The van der Waals surface area contributed by atoms with Gasteiger partial charge in [-0.25, -0.2) is 4.79 Å². The van der Waals surface area contributed by atoms with Crippen LogP contribution < -0.4 is 4.74 Å². The average molecular weight is 270 g/mol. The zero-order chi connectivity index (χ0) is 14.4. The Balaban J connectivity index is 2.80. The van der Waals surface area contributed by atoms with Gasteiger partial charge in [0.25, 0.3) is 0 Å². The predicted octanol–water partition coefficient (Wildman–Crippen LogP) is 1.69. The molecule has 8 heteroatoms. The van der Waals surface area contributed by atoms with Gasteiger partial charge < -0.3 is 9.84 Å². The Hall–Kier alpha value is -2.35. The molecule has 0 spiro atoms. The number of methoxy groups -OCH3 is 1. The minimum absolute atomic E-state index is 0.118. The van der Waals surface area contributed by atoms with Crippen molar-refractivity contribution in [2.24, 2.45) is 0 Å². The van der Waals surface area contributed by atoms with Crippen LogP contribution in [0.25, 0.3) is 0 Å². The number of hydroxylamine groups is 2. The van der Waals surface area contributed by atoms with E-state index in [9.17, 15) is 14.9 Å². The Morgan fingerprint density at radius 2 is 2.16 bits per heavy atom. The highest BCUT2D eigenvalue weighted by molar-refractivity contribution is 5.63. The van der Waals surface area contributed by atoms with Crippen LogP contribution in [-0.4, -0.2) is 42.0 Å². The molecule has 0 saturated carbocycles. The van der Waals surface area contributed by atoms with Crippen LogP contribution in [0.1, 0.15) is 5.56 Å². The minimum atomic E-state index is -1.20. The molecule has 104 valence electrons.